The van der Waals surface area contributed by atoms with Crippen molar-refractivity contribution in [1.82, 2.24) is 4.57 Å². The average Bonchev–Trinajstić information content (AvgIpc) is 3.09. The second-order valence-corrected chi connectivity index (χ2v) is 8.89. The molecule has 1 aromatic carbocycles. The minimum absolute atomic E-state index is 0. The fourth-order valence-corrected chi connectivity index (χ4v) is 4.21. The van der Waals surface area contributed by atoms with Crippen LogP contribution >= 0.6 is 0 Å². The molecule has 0 aliphatic rings. The molecule has 0 spiro atoms. The first-order valence-electron chi connectivity index (χ1n) is 12.5. The predicted molar refractivity (Wildman–Crippen MR) is 125 cm³/mol. The van der Waals surface area contributed by atoms with Gasteiger partial charge in [0.2, 0.25) is 0 Å². The summed E-state index contributed by atoms with van der Waals surface area (Å²) in [5.74, 6) is 1.10. The van der Waals surface area contributed by atoms with E-state index in [-0.39, 0.29) is 29.8 Å². The maximum atomic E-state index is 13.1. The topological polar surface area (TPSA) is 8.81 Å². The zero-order valence-electron chi connectivity index (χ0n) is 19.9. The smallest absolute Gasteiger partial charge is 0.253 e. The van der Waals surface area contributed by atoms with Gasteiger partial charge in [-0.1, -0.05) is 96.1 Å². The van der Waals surface area contributed by atoms with Crippen molar-refractivity contribution in [2.75, 3.05) is 0 Å². The quantitative estimate of drug-likeness (QED) is 0.155. The highest BCUT2D eigenvalue weighted by atomic mass is 127. The highest BCUT2D eigenvalue weighted by Gasteiger charge is 2.12. The van der Waals surface area contributed by atoms with Crippen molar-refractivity contribution < 1.29 is 32.9 Å². The first kappa shape index (κ1) is 28.1. The normalized spacial score (nSPS) is 10.9. The molecule has 0 saturated heterocycles. The van der Waals surface area contributed by atoms with Crippen molar-refractivity contribution in [3.8, 4) is 0 Å². The lowest BCUT2D eigenvalue weighted by Crippen LogP contribution is -3.00. The molecule has 4 heteroatoms. The van der Waals surface area contributed by atoms with E-state index in [1.807, 2.05) is 12.1 Å². The van der Waals surface area contributed by atoms with E-state index in [9.17, 15) is 4.39 Å². The molecule has 0 fully saturated rings. The van der Waals surface area contributed by atoms with E-state index in [2.05, 4.69) is 35.4 Å². The molecule has 0 radical (unpaired) electrons. The molecule has 2 rings (SSSR count). The molecule has 0 amide bonds. The molecule has 1 heterocycles. The monoisotopic (exact) mass is 542 g/mol. The van der Waals surface area contributed by atoms with Gasteiger partial charge in [0.05, 0.1) is 6.54 Å². The van der Waals surface area contributed by atoms with Crippen molar-refractivity contribution >= 4 is 0 Å². The van der Waals surface area contributed by atoms with Gasteiger partial charge in [0.15, 0.2) is 0 Å². The molecule has 0 bridgehead atoms. The van der Waals surface area contributed by atoms with Gasteiger partial charge in [-0.3, -0.25) is 0 Å². The van der Waals surface area contributed by atoms with Gasteiger partial charge >= 0.3 is 0 Å². The summed E-state index contributed by atoms with van der Waals surface area (Å²) in [4.78, 5) is 0. The number of imidazole rings is 1. The Bertz CT molecular complexity index is 681. The molecule has 176 valence electrons. The third kappa shape index (κ3) is 12.1. The Balaban J connectivity index is 0.00000480. The zero-order chi connectivity index (χ0) is 21.4. The van der Waals surface area contributed by atoms with Gasteiger partial charge in [-0.25, -0.2) is 13.5 Å². The molecule has 0 unspecified atom stereocenters. The van der Waals surface area contributed by atoms with Crippen LogP contribution in [0.25, 0.3) is 0 Å². The number of unbranched alkanes of at least 4 members (excludes halogenated alkanes) is 13. The Hall–Kier alpha value is -0.910. The minimum Gasteiger partial charge on any atom is -1.00 e. The van der Waals surface area contributed by atoms with Crippen LogP contribution < -0.4 is 28.5 Å². The Morgan fingerprint density at radius 1 is 0.742 bits per heavy atom. The van der Waals surface area contributed by atoms with Crippen LogP contribution in [0.3, 0.4) is 0 Å². The number of nitrogens with zero attached hydrogens (tertiary/aromatic N) is 2. The summed E-state index contributed by atoms with van der Waals surface area (Å²) in [5, 5.41) is 0. The molecule has 2 nitrogen and oxygen atoms in total. The second-order valence-electron chi connectivity index (χ2n) is 8.89. The zero-order valence-corrected chi connectivity index (χ0v) is 22.1. The molecule has 0 aliphatic carbocycles. The minimum atomic E-state index is -0.171. The molecule has 2 aromatic rings. The number of aryl methyl sites for hydroxylation is 1. The fraction of sp³-hybridized carbons (Fsp3) is 0.667. The van der Waals surface area contributed by atoms with E-state index in [1.165, 1.54) is 108 Å². The number of rotatable bonds is 17. The van der Waals surface area contributed by atoms with Gasteiger partial charge in [0.25, 0.3) is 5.82 Å². The number of halogens is 2. The number of hydrogen-bond acceptors (Lipinski definition) is 0. The van der Waals surface area contributed by atoms with Crippen molar-refractivity contribution in [2.24, 2.45) is 0 Å². The standard InChI is InChI=1S/C27H44FN2.HI/c1-3-4-5-6-7-8-9-10-11-12-13-14-15-16-21-29-22-23-30(25(29)2)24-26-17-19-27(28)20-18-26;/h17-20,22-23H,3-16,21,24H2,1-2H3;1H/q+1;/p-1. The molecule has 0 atom stereocenters. The van der Waals surface area contributed by atoms with Crippen molar-refractivity contribution in [2.45, 2.75) is 117 Å². The van der Waals surface area contributed by atoms with Crippen LogP contribution in [0.15, 0.2) is 36.7 Å². The molecule has 0 aliphatic heterocycles. The van der Waals surface area contributed by atoms with Gasteiger partial charge in [-0.2, -0.15) is 0 Å². The average molecular weight is 543 g/mol. The summed E-state index contributed by atoms with van der Waals surface area (Å²) in [6.07, 6.45) is 23.9. The van der Waals surface area contributed by atoms with Gasteiger partial charge in [-0.05, 0) is 30.5 Å². The Kier molecular flexibility index (Phi) is 16.0. The van der Waals surface area contributed by atoms with E-state index in [4.69, 9.17) is 0 Å². The molecule has 31 heavy (non-hydrogen) atoms. The van der Waals surface area contributed by atoms with E-state index < -0.39 is 0 Å². The molecular weight excluding hydrogens is 498 g/mol. The van der Waals surface area contributed by atoms with Gasteiger partial charge in [0, 0.05) is 6.92 Å². The van der Waals surface area contributed by atoms with Gasteiger partial charge < -0.3 is 24.0 Å². The lowest BCUT2D eigenvalue weighted by molar-refractivity contribution is -0.694. The second kappa shape index (κ2) is 17.6. The lowest BCUT2D eigenvalue weighted by atomic mass is 10.0. The van der Waals surface area contributed by atoms with Crippen LogP contribution in [0, 0.1) is 12.7 Å². The SMILES string of the molecule is CCCCCCCCCCCCCCCCn1cc[n+](Cc2ccc(F)cc2)c1C.[I-]. The number of benzene rings is 1. The maximum absolute atomic E-state index is 13.1. The van der Waals surface area contributed by atoms with E-state index in [0.717, 1.165) is 18.7 Å². The Morgan fingerprint density at radius 2 is 1.23 bits per heavy atom. The van der Waals surface area contributed by atoms with E-state index in [1.54, 1.807) is 0 Å². The summed E-state index contributed by atoms with van der Waals surface area (Å²) in [7, 11) is 0. The van der Waals surface area contributed by atoms with Crippen molar-refractivity contribution in [1.29, 1.82) is 0 Å². The highest BCUT2D eigenvalue weighted by Crippen LogP contribution is 2.13. The molecule has 0 saturated carbocycles. The molecule has 0 N–H and O–H groups in total. The summed E-state index contributed by atoms with van der Waals surface area (Å²) in [6, 6.07) is 6.81. The van der Waals surface area contributed by atoms with E-state index >= 15 is 0 Å². The Labute approximate surface area is 207 Å². The summed E-state index contributed by atoms with van der Waals surface area (Å²) < 4.78 is 17.7. The number of hydrogen-bond donors (Lipinski definition) is 0. The largest absolute Gasteiger partial charge is 1.00 e. The summed E-state index contributed by atoms with van der Waals surface area (Å²) >= 11 is 0. The van der Waals surface area contributed by atoms with Crippen LogP contribution in [-0.2, 0) is 13.1 Å². The van der Waals surface area contributed by atoms with Gasteiger partial charge in [0.1, 0.15) is 24.8 Å². The highest BCUT2D eigenvalue weighted by molar-refractivity contribution is 5.14. The molecular formula is C27H44FIN2. The third-order valence-corrected chi connectivity index (χ3v) is 6.28. The lowest BCUT2D eigenvalue weighted by Gasteiger charge is -2.04. The summed E-state index contributed by atoms with van der Waals surface area (Å²) in [6.45, 7) is 6.36. The van der Waals surface area contributed by atoms with Crippen LogP contribution in [0.4, 0.5) is 4.39 Å². The Morgan fingerprint density at radius 3 is 1.74 bits per heavy atom. The van der Waals surface area contributed by atoms with Crippen LogP contribution in [0.5, 0.6) is 0 Å². The van der Waals surface area contributed by atoms with E-state index in [0.29, 0.717) is 0 Å². The van der Waals surface area contributed by atoms with Crippen LogP contribution in [0.2, 0.25) is 0 Å². The fourth-order valence-electron chi connectivity index (χ4n) is 4.21. The van der Waals surface area contributed by atoms with Crippen LogP contribution in [-0.4, -0.2) is 4.57 Å². The first-order chi connectivity index (χ1) is 14.7. The number of aromatic nitrogens is 2. The summed E-state index contributed by atoms with van der Waals surface area (Å²) in [5.41, 5.74) is 1.14. The van der Waals surface area contributed by atoms with Crippen molar-refractivity contribution in [3.05, 3.63) is 53.9 Å². The molecule has 1 aromatic heterocycles. The van der Waals surface area contributed by atoms with Crippen LogP contribution in [0.1, 0.15) is 108 Å². The van der Waals surface area contributed by atoms with Gasteiger partial charge in [-0.15, -0.1) is 0 Å². The third-order valence-electron chi connectivity index (χ3n) is 6.28. The first-order valence-corrected chi connectivity index (χ1v) is 12.5. The predicted octanol–water partition coefficient (Wildman–Crippen LogP) is 4.76. The maximum Gasteiger partial charge on any atom is 0.253 e. The van der Waals surface area contributed by atoms with Crippen molar-refractivity contribution in [3.63, 3.8) is 0 Å².